The van der Waals surface area contributed by atoms with E-state index in [1.54, 1.807) is 19.1 Å². The lowest BCUT2D eigenvalue weighted by atomic mass is 9.90. The maximum Gasteiger partial charge on any atom is 0.311 e. The van der Waals surface area contributed by atoms with Gasteiger partial charge in [-0.25, -0.2) is 0 Å². The Kier molecular flexibility index (Phi) is 6.16. The SMILES string of the molecule is Cc1coc(CC(=O)O)c1C(=O)Nc1ccc(OCC2CCCCC2)cc1. The fourth-order valence-corrected chi connectivity index (χ4v) is 3.47. The first-order valence-corrected chi connectivity index (χ1v) is 9.36. The third-order valence-electron chi connectivity index (χ3n) is 4.91. The fraction of sp³-hybridized carbons (Fsp3) is 0.429. The quantitative estimate of drug-likeness (QED) is 0.752. The van der Waals surface area contributed by atoms with Crippen LogP contribution in [0.4, 0.5) is 5.69 Å². The predicted octanol–water partition coefficient (Wildman–Crippen LogP) is 4.43. The molecule has 0 atom stereocenters. The summed E-state index contributed by atoms with van der Waals surface area (Å²) in [6.45, 7) is 2.45. The number of carbonyl (C=O) groups excluding carboxylic acids is 1. The highest BCUT2D eigenvalue weighted by Gasteiger charge is 2.20. The summed E-state index contributed by atoms with van der Waals surface area (Å²) in [5, 5.41) is 11.7. The number of carboxylic acid groups (broad SMARTS) is 1. The van der Waals surface area contributed by atoms with Crippen LogP contribution in [0, 0.1) is 12.8 Å². The van der Waals surface area contributed by atoms with Crippen molar-refractivity contribution in [1.82, 2.24) is 0 Å². The summed E-state index contributed by atoms with van der Waals surface area (Å²) in [6.07, 6.45) is 7.44. The molecule has 144 valence electrons. The Morgan fingerprint density at radius 3 is 2.56 bits per heavy atom. The van der Waals surface area contributed by atoms with Gasteiger partial charge in [-0.05, 0) is 49.9 Å². The van der Waals surface area contributed by atoms with E-state index in [1.165, 1.54) is 38.4 Å². The summed E-state index contributed by atoms with van der Waals surface area (Å²) in [5.74, 6) is 0.149. The van der Waals surface area contributed by atoms with Crippen LogP contribution < -0.4 is 10.1 Å². The van der Waals surface area contributed by atoms with Gasteiger partial charge in [0.25, 0.3) is 5.91 Å². The summed E-state index contributed by atoms with van der Waals surface area (Å²) in [5.41, 5.74) is 1.50. The van der Waals surface area contributed by atoms with Gasteiger partial charge >= 0.3 is 5.97 Å². The molecule has 1 saturated carbocycles. The van der Waals surface area contributed by atoms with Crippen LogP contribution in [0.2, 0.25) is 0 Å². The molecule has 2 aromatic rings. The van der Waals surface area contributed by atoms with Gasteiger partial charge < -0.3 is 19.6 Å². The van der Waals surface area contributed by atoms with Gasteiger partial charge in [0.1, 0.15) is 17.9 Å². The number of anilines is 1. The van der Waals surface area contributed by atoms with Crippen molar-refractivity contribution >= 4 is 17.6 Å². The number of carbonyl (C=O) groups is 2. The van der Waals surface area contributed by atoms with Crippen molar-refractivity contribution in [2.24, 2.45) is 5.92 Å². The summed E-state index contributed by atoms with van der Waals surface area (Å²) >= 11 is 0. The predicted molar refractivity (Wildman–Crippen MR) is 101 cm³/mol. The molecule has 1 aromatic heterocycles. The third kappa shape index (κ3) is 5.12. The smallest absolute Gasteiger partial charge is 0.311 e. The molecule has 1 aromatic carbocycles. The van der Waals surface area contributed by atoms with Crippen LogP contribution in [0.25, 0.3) is 0 Å². The van der Waals surface area contributed by atoms with Gasteiger partial charge in [0.05, 0.1) is 18.4 Å². The Labute approximate surface area is 158 Å². The Bertz CT molecular complexity index is 787. The standard InChI is InChI=1S/C21H25NO5/c1-14-12-27-18(11-19(23)24)20(14)21(25)22-16-7-9-17(10-8-16)26-13-15-5-3-2-4-6-15/h7-10,12,15H,2-6,11,13H2,1H3,(H,22,25)(H,23,24). The second-order valence-electron chi connectivity index (χ2n) is 7.08. The molecule has 0 spiro atoms. The number of aryl methyl sites for hydroxylation is 1. The van der Waals surface area contributed by atoms with Gasteiger partial charge in [-0.1, -0.05) is 19.3 Å². The Hall–Kier alpha value is -2.76. The van der Waals surface area contributed by atoms with Crippen molar-refractivity contribution in [3.05, 3.63) is 47.4 Å². The number of ether oxygens (including phenoxy) is 1. The largest absolute Gasteiger partial charge is 0.493 e. The van der Waals surface area contributed by atoms with Crippen molar-refractivity contribution < 1.29 is 23.8 Å². The number of rotatable bonds is 7. The molecule has 1 aliphatic rings. The number of furan rings is 1. The van der Waals surface area contributed by atoms with Crippen LogP contribution in [0.3, 0.4) is 0 Å². The van der Waals surface area contributed by atoms with E-state index in [4.69, 9.17) is 14.3 Å². The van der Waals surface area contributed by atoms with Crippen molar-refractivity contribution in [2.45, 2.75) is 45.4 Å². The molecular weight excluding hydrogens is 346 g/mol. The molecule has 0 bridgehead atoms. The lowest BCUT2D eigenvalue weighted by Crippen LogP contribution is -2.16. The van der Waals surface area contributed by atoms with Gasteiger partial charge in [-0.15, -0.1) is 0 Å². The molecule has 6 heteroatoms. The number of hydrogen-bond donors (Lipinski definition) is 2. The van der Waals surface area contributed by atoms with Gasteiger partial charge in [0, 0.05) is 11.3 Å². The first-order chi connectivity index (χ1) is 13.0. The van der Waals surface area contributed by atoms with Crippen LogP contribution in [-0.2, 0) is 11.2 Å². The molecular formula is C21H25NO5. The monoisotopic (exact) mass is 371 g/mol. The fourth-order valence-electron chi connectivity index (χ4n) is 3.47. The van der Waals surface area contributed by atoms with Crippen LogP contribution >= 0.6 is 0 Å². The topological polar surface area (TPSA) is 88.8 Å². The van der Waals surface area contributed by atoms with E-state index < -0.39 is 5.97 Å². The molecule has 0 unspecified atom stereocenters. The Balaban J connectivity index is 1.58. The molecule has 0 aliphatic heterocycles. The van der Waals surface area contributed by atoms with E-state index in [1.807, 2.05) is 12.1 Å². The minimum Gasteiger partial charge on any atom is -0.493 e. The van der Waals surface area contributed by atoms with E-state index in [-0.39, 0.29) is 23.7 Å². The number of amides is 1. The second-order valence-corrected chi connectivity index (χ2v) is 7.08. The van der Waals surface area contributed by atoms with Gasteiger partial charge in [-0.2, -0.15) is 0 Å². The molecule has 27 heavy (non-hydrogen) atoms. The minimum atomic E-state index is -1.04. The van der Waals surface area contributed by atoms with Crippen molar-refractivity contribution in [3.8, 4) is 5.75 Å². The molecule has 1 heterocycles. The Morgan fingerprint density at radius 1 is 1.19 bits per heavy atom. The van der Waals surface area contributed by atoms with Gasteiger partial charge in [0.15, 0.2) is 0 Å². The summed E-state index contributed by atoms with van der Waals surface area (Å²) in [6, 6.07) is 7.22. The number of benzene rings is 1. The number of carboxylic acids is 1. The van der Waals surface area contributed by atoms with Crippen LogP contribution in [0.1, 0.15) is 53.8 Å². The highest BCUT2D eigenvalue weighted by atomic mass is 16.5. The molecule has 0 radical (unpaired) electrons. The zero-order chi connectivity index (χ0) is 19.2. The molecule has 0 saturated heterocycles. The van der Waals surface area contributed by atoms with Crippen molar-refractivity contribution in [1.29, 1.82) is 0 Å². The van der Waals surface area contributed by atoms with E-state index in [9.17, 15) is 9.59 Å². The van der Waals surface area contributed by atoms with Crippen LogP contribution in [-0.4, -0.2) is 23.6 Å². The van der Waals surface area contributed by atoms with E-state index in [0.29, 0.717) is 17.2 Å². The van der Waals surface area contributed by atoms with Gasteiger partial charge in [-0.3, -0.25) is 9.59 Å². The van der Waals surface area contributed by atoms with E-state index in [0.717, 1.165) is 12.4 Å². The maximum absolute atomic E-state index is 12.5. The first kappa shape index (κ1) is 19.0. The van der Waals surface area contributed by atoms with Crippen molar-refractivity contribution in [3.63, 3.8) is 0 Å². The summed E-state index contributed by atoms with van der Waals surface area (Å²) < 4.78 is 11.1. The lowest BCUT2D eigenvalue weighted by Gasteiger charge is -2.21. The zero-order valence-electron chi connectivity index (χ0n) is 15.5. The van der Waals surface area contributed by atoms with E-state index >= 15 is 0 Å². The maximum atomic E-state index is 12.5. The number of hydrogen-bond acceptors (Lipinski definition) is 4. The second kappa shape index (κ2) is 8.75. The molecule has 2 N–H and O–H groups in total. The average molecular weight is 371 g/mol. The molecule has 3 rings (SSSR count). The highest BCUT2D eigenvalue weighted by molar-refractivity contribution is 6.06. The lowest BCUT2D eigenvalue weighted by molar-refractivity contribution is -0.136. The number of nitrogens with one attached hydrogen (secondary N) is 1. The third-order valence-corrected chi connectivity index (χ3v) is 4.91. The Morgan fingerprint density at radius 2 is 1.89 bits per heavy atom. The average Bonchev–Trinajstić information content (AvgIpc) is 3.01. The molecule has 1 aliphatic carbocycles. The normalized spacial score (nSPS) is 14.7. The van der Waals surface area contributed by atoms with Crippen molar-refractivity contribution in [2.75, 3.05) is 11.9 Å². The van der Waals surface area contributed by atoms with E-state index in [2.05, 4.69) is 5.32 Å². The minimum absolute atomic E-state index is 0.157. The summed E-state index contributed by atoms with van der Waals surface area (Å²) in [4.78, 5) is 23.4. The first-order valence-electron chi connectivity index (χ1n) is 9.36. The van der Waals surface area contributed by atoms with Gasteiger partial charge in [0.2, 0.25) is 0 Å². The van der Waals surface area contributed by atoms with Crippen LogP contribution in [0.5, 0.6) is 5.75 Å². The van der Waals surface area contributed by atoms with Crippen LogP contribution in [0.15, 0.2) is 34.9 Å². The molecule has 1 amide bonds. The molecule has 1 fully saturated rings. The highest BCUT2D eigenvalue weighted by Crippen LogP contribution is 2.25. The molecule has 6 nitrogen and oxygen atoms in total. The number of aliphatic carboxylic acids is 1. The zero-order valence-corrected chi connectivity index (χ0v) is 15.5. The summed E-state index contributed by atoms with van der Waals surface area (Å²) in [7, 11) is 0.